The van der Waals surface area contributed by atoms with Gasteiger partial charge in [-0.2, -0.15) is 0 Å². The molecule has 1 aromatic carbocycles. The van der Waals surface area contributed by atoms with Crippen LogP contribution < -0.4 is 5.32 Å². The number of nitrogens with one attached hydrogen (secondary N) is 1. The molecule has 0 aromatic heterocycles. The summed E-state index contributed by atoms with van der Waals surface area (Å²) in [6.07, 6.45) is 4.46. The Hall–Kier alpha value is -1.03. The number of carbonyl (C=O) groups is 1. The Labute approximate surface area is 123 Å². The van der Waals surface area contributed by atoms with Crippen molar-refractivity contribution in [3.63, 3.8) is 0 Å². The quantitative estimate of drug-likeness (QED) is 0.792. The van der Waals surface area contributed by atoms with Crippen molar-refractivity contribution in [3.05, 3.63) is 39.9 Å². The van der Waals surface area contributed by atoms with Gasteiger partial charge >= 0.3 is 0 Å². The van der Waals surface area contributed by atoms with Crippen molar-refractivity contribution in [2.75, 3.05) is 6.61 Å². The summed E-state index contributed by atoms with van der Waals surface area (Å²) in [6, 6.07) is 5.15. The first kappa shape index (κ1) is 16.0. The molecule has 1 unspecified atom stereocenters. The molecule has 0 bridgehead atoms. The van der Waals surface area contributed by atoms with Crippen LogP contribution in [0.1, 0.15) is 25.3 Å². The third kappa shape index (κ3) is 5.64. The van der Waals surface area contributed by atoms with Crippen LogP contribution in [-0.2, 0) is 4.79 Å². The number of amides is 1. The monoisotopic (exact) mass is 301 g/mol. The molecule has 0 spiro atoms. The van der Waals surface area contributed by atoms with E-state index in [1.807, 2.05) is 6.92 Å². The number of rotatable bonds is 6. The lowest BCUT2D eigenvalue weighted by molar-refractivity contribution is -0.117. The molecule has 19 heavy (non-hydrogen) atoms. The summed E-state index contributed by atoms with van der Waals surface area (Å²) in [4.78, 5) is 11.7. The number of hydrogen-bond acceptors (Lipinski definition) is 2. The van der Waals surface area contributed by atoms with Gasteiger partial charge in [0.25, 0.3) is 0 Å². The summed E-state index contributed by atoms with van der Waals surface area (Å²) in [5.41, 5.74) is 0.805. The van der Waals surface area contributed by atoms with Gasteiger partial charge in [-0.1, -0.05) is 36.2 Å². The van der Waals surface area contributed by atoms with E-state index in [2.05, 4.69) is 5.32 Å². The molecule has 1 atom stereocenters. The third-order valence-electron chi connectivity index (χ3n) is 2.69. The number of hydrogen-bond donors (Lipinski definition) is 2. The largest absolute Gasteiger partial charge is 0.396 e. The van der Waals surface area contributed by atoms with Gasteiger partial charge in [0, 0.05) is 18.7 Å². The van der Waals surface area contributed by atoms with Gasteiger partial charge in [-0.05, 0) is 36.6 Å². The molecule has 2 N–H and O–H groups in total. The molecule has 0 saturated carbocycles. The van der Waals surface area contributed by atoms with Crippen molar-refractivity contribution in [2.24, 2.45) is 0 Å². The summed E-state index contributed by atoms with van der Waals surface area (Å²) in [6.45, 7) is 2.03. The molecule has 0 aliphatic carbocycles. The number of halogens is 2. The van der Waals surface area contributed by atoms with Crippen LogP contribution in [0.2, 0.25) is 10.0 Å². The van der Waals surface area contributed by atoms with E-state index in [0.29, 0.717) is 16.5 Å². The van der Waals surface area contributed by atoms with Gasteiger partial charge in [0.2, 0.25) is 5.91 Å². The Morgan fingerprint density at radius 2 is 2.16 bits per heavy atom. The lowest BCUT2D eigenvalue weighted by atomic mass is 10.1. The summed E-state index contributed by atoms with van der Waals surface area (Å²) in [5, 5.41) is 12.6. The van der Waals surface area contributed by atoms with E-state index in [1.165, 1.54) is 6.08 Å². The van der Waals surface area contributed by atoms with Crippen LogP contribution in [0.15, 0.2) is 24.3 Å². The van der Waals surface area contributed by atoms with Crippen molar-refractivity contribution in [1.82, 2.24) is 5.32 Å². The summed E-state index contributed by atoms with van der Waals surface area (Å²) >= 11 is 11.7. The number of aliphatic hydroxyl groups is 1. The Morgan fingerprint density at radius 3 is 2.74 bits per heavy atom. The van der Waals surface area contributed by atoms with Crippen LogP contribution in [0.4, 0.5) is 0 Å². The van der Waals surface area contributed by atoms with E-state index in [9.17, 15) is 4.79 Å². The fourth-order valence-electron chi connectivity index (χ4n) is 1.57. The molecule has 0 aliphatic rings. The van der Waals surface area contributed by atoms with Crippen LogP contribution in [0.3, 0.4) is 0 Å². The molecular weight excluding hydrogens is 285 g/mol. The van der Waals surface area contributed by atoms with Gasteiger partial charge in [-0.25, -0.2) is 0 Å². The van der Waals surface area contributed by atoms with E-state index in [-0.39, 0.29) is 18.6 Å². The van der Waals surface area contributed by atoms with Crippen LogP contribution >= 0.6 is 23.2 Å². The second-order valence-electron chi connectivity index (χ2n) is 4.13. The molecule has 104 valence electrons. The predicted molar refractivity (Wildman–Crippen MR) is 79.4 cm³/mol. The van der Waals surface area contributed by atoms with Crippen LogP contribution in [0.25, 0.3) is 6.08 Å². The van der Waals surface area contributed by atoms with Gasteiger partial charge < -0.3 is 10.4 Å². The smallest absolute Gasteiger partial charge is 0.244 e. The second kappa shape index (κ2) is 8.20. The molecule has 0 heterocycles. The van der Waals surface area contributed by atoms with Crippen molar-refractivity contribution < 1.29 is 9.90 Å². The highest BCUT2D eigenvalue weighted by Crippen LogP contribution is 2.23. The Balaban J connectivity index is 2.60. The minimum atomic E-state index is -0.189. The number of aliphatic hydroxyl groups excluding tert-OH is 1. The maximum atomic E-state index is 11.7. The molecule has 3 nitrogen and oxygen atoms in total. The average Bonchev–Trinajstić information content (AvgIpc) is 2.39. The molecule has 1 rings (SSSR count). The highest BCUT2D eigenvalue weighted by Gasteiger charge is 2.07. The zero-order chi connectivity index (χ0) is 14.3. The Bertz CT molecular complexity index is 461. The van der Waals surface area contributed by atoms with E-state index < -0.39 is 0 Å². The zero-order valence-electron chi connectivity index (χ0n) is 10.7. The highest BCUT2D eigenvalue weighted by atomic mass is 35.5. The van der Waals surface area contributed by atoms with E-state index in [4.69, 9.17) is 28.3 Å². The van der Waals surface area contributed by atoms with Gasteiger partial charge in [0.05, 0.1) is 10.0 Å². The van der Waals surface area contributed by atoms with Crippen molar-refractivity contribution in [2.45, 2.75) is 25.8 Å². The zero-order valence-corrected chi connectivity index (χ0v) is 12.2. The lowest BCUT2D eigenvalue weighted by Crippen LogP contribution is -2.33. The fourth-order valence-corrected chi connectivity index (χ4v) is 1.88. The summed E-state index contributed by atoms with van der Waals surface area (Å²) in [5.74, 6) is -0.189. The number of carbonyl (C=O) groups excluding carboxylic acids is 1. The minimum absolute atomic E-state index is 0.00374. The minimum Gasteiger partial charge on any atom is -0.396 e. The van der Waals surface area contributed by atoms with E-state index in [0.717, 1.165) is 12.0 Å². The second-order valence-corrected chi connectivity index (χ2v) is 4.95. The first-order chi connectivity index (χ1) is 9.06. The molecule has 1 aromatic rings. The van der Waals surface area contributed by atoms with Gasteiger partial charge in [0.1, 0.15) is 0 Å². The van der Waals surface area contributed by atoms with Crippen molar-refractivity contribution >= 4 is 35.2 Å². The Kier molecular flexibility index (Phi) is 6.92. The molecule has 0 saturated heterocycles. The van der Waals surface area contributed by atoms with Crippen LogP contribution in [0.5, 0.6) is 0 Å². The van der Waals surface area contributed by atoms with E-state index >= 15 is 0 Å². The van der Waals surface area contributed by atoms with E-state index in [1.54, 1.807) is 24.3 Å². The normalized spacial score (nSPS) is 12.6. The molecule has 1 amide bonds. The first-order valence-corrected chi connectivity index (χ1v) is 6.87. The van der Waals surface area contributed by atoms with Gasteiger partial charge in [-0.3, -0.25) is 4.79 Å². The first-order valence-electron chi connectivity index (χ1n) is 6.11. The fraction of sp³-hybridized carbons (Fsp3) is 0.357. The van der Waals surface area contributed by atoms with Gasteiger partial charge in [0.15, 0.2) is 0 Å². The van der Waals surface area contributed by atoms with Crippen LogP contribution in [-0.4, -0.2) is 23.7 Å². The predicted octanol–water partition coefficient (Wildman–Crippen LogP) is 3.28. The molecule has 0 fully saturated rings. The van der Waals surface area contributed by atoms with Gasteiger partial charge in [-0.15, -0.1) is 0 Å². The third-order valence-corrected chi connectivity index (χ3v) is 3.43. The molecule has 5 heteroatoms. The summed E-state index contributed by atoms with van der Waals surface area (Å²) in [7, 11) is 0. The Morgan fingerprint density at radius 1 is 1.42 bits per heavy atom. The van der Waals surface area contributed by atoms with Crippen molar-refractivity contribution in [1.29, 1.82) is 0 Å². The summed E-state index contributed by atoms with van der Waals surface area (Å²) < 4.78 is 0. The SMILES string of the molecule is CCC(CCO)NC(=O)/C=C/c1ccc(Cl)c(Cl)c1. The molecule has 0 radical (unpaired) electrons. The highest BCUT2D eigenvalue weighted by molar-refractivity contribution is 6.42. The topological polar surface area (TPSA) is 49.3 Å². The lowest BCUT2D eigenvalue weighted by Gasteiger charge is -2.13. The maximum Gasteiger partial charge on any atom is 0.244 e. The van der Waals surface area contributed by atoms with Crippen molar-refractivity contribution in [3.8, 4) is 0 Å². The number of benzene rings is 1. The maximum absolute atomic E-state index is 11.7. The standard InChI is InChI=1S/C14H17Cl2NO2/c1-2-11(7-8-18)17-14(19)6-4-10-3-5-12(15)13(16)9-10/h3-6,9,11,18H,2,7-8H2,1H3,(H,17,19)/b6-4+. The average molecular weight is 302 g/mol. The molecule has 0 aliphatic heterocycles. The van der Waals surface area contributed by atoms with Crippen LogP contribution in [0, 0.1) is 0 Å². The molecular formula is C14H17Cl2NO2.